The average Bonchev–Trinajstić information content (AvgIpc) is 3.69. The average molecular weight is 568 g/mol. The van der Waals surface area contributed by atoms with Gasteiger partial charge in [-0.3, -0.25) is 4.90 Å². The summed E-state index contributed by atoms with van der Waals surface area (Å²) in [6.45, 7) is -2.71. The fourth-order valence-corrected chi connectivity index (χ4v) is 5.43. The van der Waals surface area contributed by atoms with Crippen molar-refractivity contribution >= 4 is 16.1 Å². The maximum Gasteiger partial charge on any atom is 0.408 e. The van der Waals surface area contributed by atoms with Gasteiger partial charge in [0.2, 0.25) is 17.7 Å². The van der Waals surface area contributed by atoms with E-state index in [1.165, 1.54) is 19.9 Å². The number of hydrogen-bond acceptors (Lipinski definition) is 7. The van der Waals surface area contributed by atoms with Crippen LogP contribution in [0.25, 0.3) is 0 Å². The molecule has 0 radical (unpaired) electrons. The molecule has 1 saturated heterocycles. The summed E-state index contributed by atoms with van der Waals surface area (Å²) in [5.74, 6) is -1.92. The number of benzene rings is 2. The van der Waals surface area contributed by atoms with Gasteiger partial charge in [-0.05, 0) is 48.2 Å². The molecule has 0 spiro atoms. The summed E-state index contributed by atoms with van der Waals surface area (Å²) in [7, 11) is -5.18. The first kappa shape index (κ1) is 16.6. The summed E-state index contributed by atoms with van der Waals surface area (Å²) >= 11 is 0. The Morgan fingerprint density at radius 3 is 2.64 bits per heavy atom. The summed E-state index contributed by atoms with van der Waals surface area (Å²) in [6, 6.07) is -6.00. The van der Waals surface area contributed by atoms with Crippen molar-refractivity contribution in [2.75, 3.05) is 19.6 Å². The normalized spacial score (nSPS) is 28.5. The van der Waals surface area contributed by atoms with Crippen LogP contribution in [0.3, 0.4) is 0 Å². The molecular formula is C28H33N3O7S. The van der Waals surface area contributed by atoms with Crippen LogP contribution < -0.4 is 0 Å². The predicted molar refractivity (Wildman–Crippen MR) is 142 cm³/mol. The van der Waals surface area contributed by atoms with Crippen molar-refractivity contribution in [2.45, 2.75) is 49.5 Å². The van der Waals surface area contributed by atoms with Gasteiger partial charge in [0, 0.05) is 18.5 Å². The number of fused-ring (bicyclic) bond motifs is 1. The molecule has 0 aliphatic carbocycles. The van der Waals surface area contributed by atoms with Crippen LogP contribution >= 0.6 is 0 Å². The fraction of sp³-hybridized carbons (Fsp3) is 0.429. The second-order valence-corrected chi connectivity index (χ2v) is 10.8. The Bertz CT molecular complexity index is 1850. The van der Waals surface area contributed by atoms with Crippen LogP contribution in [0.5, 0.6) is 0 Å². The zero-order valence-corrected chi connectivity index (χ0v) is 21.7. The number of carbonyl (C=O) groups is 1. The molecule has 4 rings (SSSR count). The summed E-state index contributed by atoms with van der Waals surface area (Å²) in [4.78, 5) is 12.6. The smallest absolute Gasteiger partial charge is 0.408 e. The second-order valence-electron chi connectivity index (χ2n) is 8.94. The molecule has 2 aromatic carbocycles. The number of hydrogen-bond donors (Lipinski definition) is 2. The van der Waals surface area contributed by atoms with Crippen LogP contribution in [-0.4, -0.2) is 79.4 Å². The number of sulfonamides is 1. The minimum absolute atomic E-state index is 0.00146. The van der Waals surface area contributed by atoms with E-state index < -0.39 is 119 Å². The Balaban J connectivity index is 2.14. The monoisotopic (exact) mass is 567 g/mol. The Morgan fingerprint density at radius 1 is 1.31 bits per heavy atom. The standard InChI is InChI=1S/C28H33N3O7S/c1-19(2)16-30(39(35,36)22-10-8-21(15-29)9-11-22)17-26(32)24(14-20-6-4-3-5-7-20)31(28(33)34)25-18-38-27-23(25)12-13-37-27/h3-13,19,23-27,32H,14,16-18H2,1-2H3,(H,33,34)/t23-,24-,25?,26+,27-/m0/s1/i3D,4D,5D,6D,7D,14D2,17D2,24D,26D,32D. The van der Waals surface area contributed by atoms with E-state index >= 15 is 0 Å². The highest BCUT2D eigenvalue weighted by Crippen LogP contribution is 2.34. The van der Waals surface area contributed by atoms with E-state index in [-0.39, 0.29) is 14.8 Å². The first-order chi connectivity index (χ1) is 23.5. The number of aliphatic hydroxyl groups is 1. The predicted octanol–water partition coefficient (Wildman–Crippen LogP) is 3.04. The van der Waals surface area contributed by atoms with Gasteiger partial charge in [-0.2, -0.15) is 9.57 Å². The van der Waals surface area contributed by atoms with Gasteiger partial charge in [-0.1, -0.05) is 44.1 Å². The van der Waals surface area contributed by atoms with Gasteiger partial charge in [0.15, 0.2) is 0 Å². The SMILES string of the molecule is [2H]O[C@]([2H])(C([2H])([2H])N(CC(C)C)S(=O)(=O)c1ccc(C#N)cc1)[C@@]([2H])(N(C(=O)O)C1CO[C@@H]2OC=C[C@@H]12)C([2H])([2H])c1c([2H])c([2H])c([2H])c([2H])c1[2H]. The molecule has 10 nitrogen and oxygen atoms in total. The Labute approximate surface area is 245 Å². The molecule has 5 atom stereocenters. The third kappa shape index (κ3) is 6.42. The lowest BCUT2D eigenvalue weighted by atomic mass is 9.94. The number of nitrogens with zero attached hydrogens (tertiary/aromatic N) is 3. The first-order valence-electron chi connectivity index (χ1n) is 17.6. The molecule has 1 unspecified atom stereocenters. The van der Waals surface area contributed by atoms with Crippen molar-refractivity contribution < 1.29 is 48.0 Å². The third-order valence-corrected chi connectivity index (χ3v) is 7.46. The van der Waals surface area contributed by atoms with Crippen LogP contribution in [0.1, 0.15) is 40.1 Å². The number of amides is 1. The quantitative estimate of drug-likeness (QED) is 0.399. The van der Waals surface area contributed by atoms with Gasteiger partial charge in [-0.15, -0.1) is 0 Å². The van der Waals surface area contributed by atoms with Crippen molar-refractivity contribution in [3.63, 3.8) is 0 Å². The highest BCUT2D eigenvalue weighted by molar-refractivity contribution is 7.89. The molecule has 11 heteroatoms. The molecule has 2 heterocycles. The van der Waals surface area contributed by atoms with E-state index in [1.807, 2.05) is 0 Å². The molecule has 2 aromatic rings. The zero-order chi connectivity index (χ0) is 38.6. The van der Waals surface area contributed by atoms with Gasteiger partial charge in [0.1, 0.15) is 0 Å². The number of ether oxygens (including phenoxy) is 2. The Kier molecular flexibility index (Phi) is 5.19. The van der Waals surface area contributed by atoms with Gasteiger partial charge >= 0.3 is 6.09 Å². The number of carboxylic acid groups (broad SMARTS) is 1. The van der Waals surface area contributed by atoms with E-state index in [0.717, 1.165) is 30.5 Å². The van der Waals surface area contributed by atoms with E-state index in [9.17, 15) is 31.8 Å². The lowest BCUT2D eigenvalue weighted by molar-refractivity contribution is -0.0690. The lowest BCUT2D eigenvalue weighted by Crippen LogP contribution is -2.57. The molecule has 0 aromatic heterocycles. The Hall–Kier alpha value is -3.43. The van der Waals surface area contributed by atoms with Gasteiger partial charge in [0.25, 0.3) is 0 Å². The van der Waals surface area contributed by atoms with Crippen LogP contribution in [0.2, 0.25) is 0 Å². The summed E-state index contributed by atoms with van der Waals surface area (Å²) < 4.78 is 145. The molecular weight excluding hydrogens is 522 g/mol. The highest BCUT2D eigenvalue weighted by Gasteiger charge is 2.48. The van der Waals surface area contributed by atoms with E-state index in [1.54, 1.807) is 6.07 Å². The lowest BCUT2D eigenvalue weighted by Gasteiger charge is -2.39. The maximum absolute atomic E-state index is 14.2. The molecule has 0 saturated carbocycles. The summed E-state index contributed by atoms with van der Waals surface area (Å²) in [5, 5.41) is 24.5. The fourth-order valence-electron chi connectivity index (χ4n) is 4.00. The van der Waals surface area contributed by atoms with E-state index in [4.69, 9.17) is 17.8 Å². The first-order valence-corrected chi connectivity index (χ1v) is 13.1. The zero-order valence-electron chi connectivity index (χ0n) is 32.8. The molecule has 1 fully saturated rings. The largest absolute Gasteiger partial charge is 0.472 e. The Morgan fingerprint density at radius 2 is 2.03 bits per heavy atom. The molecule has 2 aliphatic heterocycles. The van der Waals surface area contributed by atoms with Crippen molar-refractivity contribution in [1.82, 2.24) is 9.21 Å². The van der Waals surface area contributed by atoms with Crippen molar-refractivity contribution in [2.24, 2.45) is 11.8 Å². The topological polar surface area (TPSA) is 140 Å². The number of rotatable bonds is 12. The molecule has 1 amide bonds. The van der Waals surface area contributed by atoms with Crippen LogP contribution in [0.15, 0.2) is 71.7 Å². The summed E-state index contributed by atoms with van der Waals surface area (Å²) in [5.41, 5.74) is -1.38. The highest BCUT2D eigenvalue weighted by atomic mass is 32.2. The van der Waals surface area contributed by atoms with Crippen molar-refractivity contribution in [3.05, 3.63) is 77.9 Å². The van der Waals surface area contributed by atoms with Gasteiger partial charge in [-0.25, -0.2) is 13.2 Å². The van der Waals surface area contributed by atoms with Crippen molar-refractivity contribution in [3.8, 4) is 6.07 Å². The van der Waals surface area contributed by atoms with Gasteiger partial charge < -0.3 is 19.7 Å². The van der Waals surface area contributed by atoms with E-state index in [2.05, 4.69) is 5.11 Å². The van der Waals surface area contributed by atoms with E-state index in [0.29, 0.717) is 0 Å². The minimum Gasteiger partial charge on any atom is -0.472 e. The second kappa shape index (κ2) is 12.2. The molecule has 208 valence electrons. The molecule has 39 heavy (non-hydrogen) atoms. The van der Waals surface area contributed by atoms with Crippen molar-refractivity contribution in [1.29, 1.82) is 6.69 Å². The van der Waals surface area contributed by atoms with Gasteiger partial charge in [0.05, 0.1) is 63.1 Å². The summed E-state index contributed by atoms with van der Waals surface area (Å²) in [6.07, 6.45) is -9.46. The van der Waals surface area contributed by atoms with Crippen LogP contribution in [0.4, 0.5) is 4.79 Å². The third-order valence-electron chi connectivity index (χ3n) is 5.77. The molecule has 2 N–H and O–H groups in total. The number of nitriles is 1. The molecule has 0 bridgehead atoms. The maximum atomic E-state index is 14.2. The van der Waals surface area contributed by atoms with Crippen LogP contribution in [0, 0.1) is 23.2 Å². The van der Waals surface area contributed by atoms with Crippen LogP contribution in [-0.2, 0) is 25.9 Å². The molecule has 2 aliphatic rings. The minimum atomic E-state index is -5.18.